The quantitative estimate of drug-likeness (QED) is 0.821. The van der Waals surface area contributed by atoms with E-state index in [2.05, 4.69) is 17.0 Å². The number of hydrogen-bond acceptors (Lipinski definition) is 4. The van der Waals surface area contributed by atoms with Crippen LogP contribution in [0.3, 0.4) is 0 Å². The zero-order chi connectivity index (χ0) is 17.5. The van der Waals surface area contributed by atoms with E-state index in [1.807, 2.05) is 6.92 Å². The van der Waals surface area contributed by atoms with E-state index in [9.17, 15) is 13.2 Å². The lowest BCUT2D eigenvalue weighted by molar-refractivity contribution is -0.141. The van der Waals surface area contributed by atoms with Crippen LogP contribution in [-0.2, 0) is 13.2 Å². The molecule has 5 nitrogen and oxygen atoms in total. The molecule has 1 aliphatic carbocycles. The fourth-order valence-electron chi connectivity index (χ4n) is 2.13. The smallest absolute Gasteiger partial charge is 0.435 e. The van der Waals surface area contributed by atoms with Crippen LogP contribution in [-0.4, -0.2) is 21.4 Å². The Balaban J connectivity index is 1.77. The van der Waals surface area contributed by atoms with Crippen molar-refractivity contribution in [2.75, 3.05) is 6.61 Å². The van der Waals surface area contributed by atoms with Gasteiger partial charge in [0.25, 0.3) is 0 Å². The number of halogens is 3. The van der Waals surface area contributed by atoms with Gasteiger partial charge in [-0.25, -0.2) is 4.68 Å². The minimum atomic E-state index is -4.52. The maximum atomic E-state index is 12.7. The Morgan fingerprint density at radius 3 is 2.46 bits per heavy atom. The molecule has 2 aromatic rings. The summed E-state index contributed by atoms with van der Waals surface area (Å²) in [5.74, 6) is 0.527. The number of ether oxygens (including phenoxy) is 2. The lowest BCUT2D eigenvalue weighted by atomic mass is 10.2. The Morgan fingerprint density at radius 2 is 1.88 bits per heavy atom. The first-order chi connectivity index (χ1) is 11.1. The topological polar surface area (TPSA) is 49.2 Å². The molecule has 0 saturated heterocycles. The van der Waals surface area contributed by atoms with Crippen LogP contribution in [0.1, 0.15) is 31.0 Å². The average Bonchev–Trinajstić information content (AvgIpc) is 3.09. The number of rotatable bonds is 5. The molecule has 1 saturated carbocycles. The monoisotopic (exact) mass is 341 g/mol. The van der Waals surface area contributed by atoms with E-state index in [-0.39, 0.29) is 17.2 Å². The van der Waals surface area contributed by atoms with Gasteiger partial charge in [0.2, 0.25) is 17.6 Å². The normalized spacial score (nSPS) is 16.1. The van der Waals surface area contributed by atoms with Gasteiger partial charge < -0.3 is 9.47 Å². The summed E-state index contributed by atoms with van der Waals surface area (Å²) in [5.41, 5.74) is 0.0377. The minimum Gasteiger partial charge on any atom is -0.477 e. The van der Waals surface area contributed by atoms with E-state index >= 15 is 0 Å². The van der Waals surface area contributed by atoms with Gasteiger partial charge in [0.15, 0.2) is 5.69 Å². The van der Waals surface area contributed by atoms with Crippen molar-refractivity contribution in [3.63, 3.8) is 0 Å². The summed E-state index contributed by atoms with van der Waals surface area (Å²) in [5, 5.41) is 3.41. The molecule has 1 aliphatic rings. The first kappa shape index (κ1) is 16.6. The Kier molecular flexibility index (Phi) is 3.93. The van der Waals surface area contributed by atoms with E-state index < -0.39 is 11.9 Å². The average molecular weight is 341 g/mol. The molecule has 1 fully saturated rings. The summed E-state index contributed by atoms with van der Waals surface area (Å²) in [6, 6.07) is 4.24. The molecule has 2 aromatic heterocycles. The molecular formula is C16H18F3N3O2. The number of aromatic nitrogens is 3. The van der Waals surface area contributed by atoms with Crippen LogP contribution in [0.5, 0.6) is 17.6 Å². The van der Waals surface area contributed by atoms with Gasteiger partial charge in [0.05, 0.1) is 6.61 Å². The number of pyridine rings is 1. The summed E-state index contributed by atoms with van der Waals surface area (Å²) >= 11 is 0. The second-order valence-electron chi connectivity index (χ2n) is 6.51. The van der Waals surface area contributed by atoms with E-state index in [1.165, 1.54) is 7.05 Å². The van der Waals surface area contributed by atoms with Gasteiger partial charge in [0, 0.05) is 30.7 Å². The highest BCUT2D eigenvalue weighted by Crippen LogP contribution is 2.45. The molecule has 0 radical (unpaired) electrons. The molecule has 130 valence electrons. The third kappa shape index (κ3) is 3.80. The number of aryl methyl sites for hydroxylation is 2. The molecule has 0 N–H and O–H groups in total. The summed E-state index contributed by atoms with van der Waals surface area (Å²) in [6.45, 7) is 4.53. The predicted octanol–water partition coefficient (Wildman–Crippen LogP) is 4.11. The van der Waals surface area contributed by atoms with Crippen molar-refractivity contribution in [2.45, 2.75) is 32.9 Å². The Labute approximate surface area is 137 Å². The molecular weight excluding hydrogens is 323 g/mol. The van der Waals surface area contributed by atoms with Crippen molar-refractivity contribution >= 4 is 0 Å². The van der Waals surface area contributed by atoms with Crippen LogP contribution in [0, 0.1) is 12.3 Å². The highest BCUT2D eigenvalue weighted by molar-refractivity contribution is 5.30. The summed E-state index contributed by atoms with van der Waals surface area (Å²) < 4.78 is 50.3. The molecule has 3 rings (SSSR count). The van der Waals surface area contributed by atoms with Crippen LogP contribution < -0.4 is 9.47 Å². The molecule has 0 spiro atoms. The van der Waals surface area contributed by atoms with Gasteiger partial charge in [-0.15, -0.1) is 0 Å². The Morgan fingerprint density at radius 1 is 1.21 bits per heavy atom. The highest BCUT2D eigenvalue weighted by atomic mass is 19.4. The van der Waals surface area contributed by atoms with Crippen molar-refractivity contribution in [2.24, 2.45) is 12.5 Å². The molecule has 0 amide bonds. The summed E-state index contributed by atoms with van der Waals surface area (Å²) in [4.78, 5) is 4.21. The van der Waals surface area contributed by atoms with Crippen molar-refractivity contribution < 1.29 is 22.6 Å². The zero-order valence-corrected chi connectivity index (χ0v) is 13.6. The fourth-order valence-corrected chi connectivity index (χ4v) is 2.13. The van der Waals surface area contributed by atoms with Crippen molar-refractivity contribution in [3.05, 3.63) is 29.5 Å². The lowest BCUT2D eigenvalue weighted by Crippen LogP contribution is -2.10. The van der Waals surface area contributed by atoms with Crippen LogP contribution in [0.15, 0.2) is 18.2 Å². The van der Waals surface area contributed by atoms with Crippen LogP contribution in [0.2, 0.25) is 0 Å². The number of alkyl halides is 3. The zero-order valence-electron chi connectivity index (χ0n) is 13.6. The van der Waals surface area contributed by atoms with Gasteiger partial charge in [0.1, 0.15) is 0 Å². The molecule has 0 aliphatic heterocycles. The molecule has 0 atom stereocenters. The van der Waals surface area contributed by atoms with Crippen LogP contribution in [0.25, 0.3) is 0 Å². The Hall–Kier alpha value is -2.25. The third-order valence-electron chi connectivity index (χ3n) is 3.93. The van der Waals surface area contributed by atoms with E-state index in [1.54, 1.807) is 12.1 Å². The van der Waals surface area contributed by atoms with Gasteiger partial charge in [-0.05, 0) is 25.3 Å². The molecule has 0 bridgehead atoms. The standard InChI is InChI=1S/C16H18F3N3O2/c1-10-6-12(23-9-15(2)4-5-15)20-13(7-10)24-14-8-11(16(17,18)19)21-22(14)3/h6-8H,4-5,9H2,1-3H3. The van der Waals surface area contributed by atoms with Crippen molar-refractivity contribution in [1.29, 1.82) is 0 Å². The van der Waals surface area contributed by atoms with Gasteiger partial charge >= 0.3 is 6.18 Å². The maximum absolute atomic E-state index is 12.7. The summed E-state index contributed by atoms with van der Waals surface area (Å²) in [6.07, 6.45) is -2.28. The molecule has 24 heavy (non-hydrogen) atoms. The van der Waals surface area contributed by atoms with Gasteiger partial charge in [-0.3, -0.25) is 0 Å². The Bertz CT molecular complexity index is 752. The van der Waals surface area contributed by atoms with Crippen LogP contribution in [0.4, 0.5) is 13.2 Å². The largest absolute Gasteiger partial charge is 0.477 e. The molecule has 0 aromatic carbocycles. The SMILES string of the molecule is Cc1cc(OCC2(C)CC2)nc(Oc2cc(C(F)(F)F)nn2C)c1. The first-order valence-electron chi connectivity index (χ1n) is 7.55. The molecule has 2 heterocycles. The van der Waals surface area contributed by atoms with Crippen LogP contribution >= 0.6 is 0 Å². The molecule has 8 heteroatoms. The number of nitrogens with zero attached hydrogens (tertiary/aromatic N) is 3. The van der Waals surface area contributed by atoms with Crippen molar-refractivity contribution in [3.8, 4) is 17.6 Å². The fraction of sp³-hybridized carbons (Fsp3) is 0.500. The molecule has 0 unspecified atom stereocenters. The predicted molar refractivity (Wildman–Crippen MR) is 80.1 cm³/mol. The van der Waals surface area contributed by atoms with Gasteiger partial charge in [-0.1, -0.05) is 6.92 Å². The third-order valence-corrected chi connectivity index (χ3v) is 3.93. The van der Waals surface area contributed by atoms with Gasteiger partial charge in [-0.2, -0.15) is 23.3 Å². The number of hydrogen-bond donors (Lipinski definition) is 0. The minimum absolute atomic E-state index is 0.0412. The second-order valence-corrected chi connectivity index (χ2v) is 6.51. The van der Waals surface area contributed by atoms with E-state index in [0.29, 0.717) is 12.5 Å². The maximum Gasteiger partial charge on any atom is 0.435 e. The first-order valence-corrected chi connectivity index (χ1v) is 7.55. The van der Waals surface area contributed by atoms with Crippen molar-refractivity contribution in [1.82, 2.24) is 14.8 Å². The summed E-state index contributed by atoms with van der Waals surface area (Å²) in [7, 11) is 1.38. The highest BCUT2D eigenvalue weighted by Gasteiger charge is 2.38. The van der Waals surface area contributed by atoms with E-state index in [4.69, 9.17) is 9.47 Å². The second kappa shape index (κ2) is 5.68. The van der Waals surface area contributed by atoms with E-state index in [0.717, 1.165) is 29.2 Å². The lowest BCUT2D eigenvalue weighted by Gasteiger charge is -2.12.